The second-order valence-corrected chi connectivity index (χ2v) is 10.6. The summed E-state index contributed by atoms with van der Waals surface area (Å²) in [5.41, 5.74) is -0.423. The molecule has 0 saturated heterocycles. The Hall–Kier alpha value is -1.97. The van der Waals surface area contributed by atoms with Crippen LogP contribution in [0.15, 0.2) is 46.7 Å². The molecule has 1 aromatic heterocycles. The van der Waals surface area contributed by atoms with Crippen LogP contribution in [0.4, 0.5) is 0 Å². The second-order valence-electron chi connectivity index (χ2n) is 7.71. The van der Waals surface area contributed by atoms with Crippen molar-refractivity contribution in [3.8, 4) is 12.1 Å². The fourth-order valence-corrected chi connectivity index (χ4v) is 5.63. The van der Waals surface area contributed by atoms with E-state index in [4.69, 9.17) is 46.4 Å². The molecule has 1 atom stereocenters. The number of nitriles is 2. The van der Waals surface area contributed by atoms with Crippen molar-refractivity contribution in [2.24, 2.45) is 0 Å². The molecule has 4 rings (SSSR count). The highest BCUT2D eigenvalue weighted by Gasteiger charge is 2.58. The van der Waals surface area contributed by atoms with Crippen LogP contribution in [0.5, 0.6) is 0 Å². The van der Waals surface area contributed by atoms with Gasteiger partial charge >= 0.3 is 0 Å². The molecule has 0 radical (unpaired) electrons. The zero-order valence-electron chi connectivity index (χ0n) is 16.9. The van der Waals surface area contributed by atoms with Crippen LogP contribution in [0.2, 0.25) is 15.1 Å². The predicted octanol–water partition coefficient (Wildman–Crippen LogP) is 5.88. The van der Waals surface area contributed by atoms with Crippen LogP contribution in [-0.2, 0) is 13.0 Å². The average Bonchev–Trinajstić information content (AvgIpc) is 3.40. The van der Waals surface area contributed by atoms with E-state index in [1.165, 1.54) is 17.1 Å². The first-order valence-electron chi connectivity index (χ1n) is 9.74. The van der Waals surface area contributed by atoms with E-state index in [1.807, 2.05) is 30.3 Å². The molecule has 1 heterocycles. The number of benzene rings is 2. The van der Waals surface area contributed by atoms with E-state index in [0.717, 1.165) is 17.3 Å². The number of alkyl halides is 1. The number of aliphatic hydroxyl groups is 1. The van der Waals surface area contributed by atoms with Crippen LogP contribution < -0.4 is 0 Å². The van der Waals surface area contributed by atoms with Gasteiger partial charge in [0.25, 0.3) is 0 Å². The van der Waals surface area contributed by atoms with Gasteiger partial charge in [0, 0.05) is 16.3 Å². The van der Waals surface area contributed by atoms with Gasteiger partial charge in [-0.2, -0.15) is 15.6 Å². The number of hydrogen-bond donors (Lipinski definition) is 1. The first-order valence-corrected chi connectivity index (χ1v) is 12.1. The van der Waals surface area contributed by atoms with Gasteiger partial charge in [0.1, 0.15) is 24.1 Å². The standard InChI is InChI=1S/C22H15Cl4N5OS/c23-16-4-2-1-3-13(16)8-22(32,21(26)5-6-21)11-31-20(29-12-30-31)33-18-7-17(24)14(9-27)19(25)15(18)10-28/h1-4,7,12,32H,5-6,8,11H2. The molecule has 1 saturated carbocycles. The molecule has 1 aliphatic carbocycles. The Morgan fingerprint density at radius 1 is 1.12 bits per heavy atom. The maximum atomic E-state index is 11.7. The number of hydrogen-bond acceptors (Lipinski definition) is 6. The Balaban J connectivity index is 1.67. The third kappa shape index (κ3) is 4.68. The lowest BCUT2D eigenvalue weighted by molar-refractivity contribution is 0.00526. The van der Waals surface area contributed by atoms with Crippen LogP contribution in [-0.4, -0.2) is 30.3 Å². The van der Waals surface area contributed by atoms with Gasteiger partial charge in [-0.3, -0.25) is 0 Å². The first kappa shape index (κ1) is 24.2. The Bertz CT molecular complexity index is 1310. The lowest BCUT2D eigenvalue weighted by atomic mass is 9.89. The monoisotopic (exact) mass is 537 g/mol. The zero-order valence-corrected chi connectivity index (χ0v) is 20.7. The van der Waals surface area contributed by atoms with Gasteiger partial charge in [-0.15, -0.1) is 11.6 Å². The van der Waals surface area contributed by atoms with E-state index in [-0.39, 0.29) is 34.1 Å². The Morgan fingerprint density at radius 2 is 1.82 bits per heavy atom. The lowest BCUT2D eigenvalue weighted by Gasteiger charge is -2.33. The average molecular weight is 539 g/mol. The van der Waals surface area contributed by atoms with Gasteiger partial charge < -0.3 is 5.11 Å². The number of aromatic nitrogens is 3. The lowest BCUT2D eigenvalue weighted by Crippen LogP contribution is -2.47. The third-order valence-corrected chi connectivity index (χ3v) is 8.38. The SMILES string of the molecule is N#Cc1c(Cl)cc(Sc2ncnn2CC(O)(Cc2ccccc2Cl)C2(Cl)CC2)c(C#N)c1Cl. The van der Waals surface area contributed by atoms with Crippen molar-refractivity contribution >= 4 is 58.2 Å². The van der Waals surface area contributed by atoms with Crippen molar-refractivity contribution in [3.05, 3.63) is 68.4 Å². The van der Waals surface area contributed by atoms with Crippen LogP contribution in [0, 0.1) is 22.7 Å². The van der Waals surface area contributed by atoms with Crippen molar-refractivity contribution in [1.29, 1.82) is 10.5 Å². The third-order valence-electron chi connectivity index (χ3n) is 5.56. The molecule has 3 aromatic rings. The Labute approximate surface area is 214 Å². The van der Waals surface area contributed by atoms with Gasteiger partial charge in [0.2, 0.25) is 0 Å². The van der Waals surface area contributed by atoms with E-state index in [1.54, 1.807) is 6.07 Å². The molecule has 168 valence electrons. The van der Waals surface area contributed by atoms with Gasteiger partial charge in [-0.05, 0) is 42.3 Å². The maximum absolute atomic E-state index is 11.7. The fourth-order valence-electron chi connectivity index (χ4n) is 3.56. The molecule has 33 heavy (non-hydrogen) atoms. The maximum Gasteiger partial charge on any atom is 0.191 e. The molecule has 0 aliphatic heterocycles. The number of rotatable bonds is 7. The highest BCUT2D eigenvalue weighted by atomic mass is 35.5. The number of halogens is 4. The molecule has 1 aliphatic rings. The first-order chi connectivity index (χ1) is 15.7. The molecule has 6 nitrogen and oxygen atoms in total. The van der Waals surface area contributed by atoms with Crippen LogP contribution in [0.1, 0.15) is 29.5 Å². The Kier molecular flexibility index (Phi) is 6.85. The quantitative estimate of drug-likeness (QED) is 0.377. The molecule has 1 unspecified atom stereocenters. The molecule has 1 N–H and O–H groups in total. The fraction of sp³-hybridized carbons (Fsp3) is 0.273. The summed E-state index contributed by atoms with van der Waals surface area (Å²) < 4.78 is 1.53. The van der Waals surface area contributed by atoms with E-state index in [0.29, 0.717) is 27.9 Å². The minimum Gasteiger partial charge on any atom is -0.386 e. The van der Waals surface area contributed by atoms with Crippen molar-refractivity contribution in [2.45, 2.75) is 46.3 Å². The summed E-state index contributed by atoms with van der Waals surface area (Å²) in [6.45, 7) is 0.0592. The van der Waals surface area contributed by atoms with Crippen molar-refractivity contribution in [1.82, 2.24) is 14.8 Å². The minimum absolute atomic E-state index is 0.0195. The van der Waals surface area contributed by atoms with E-state index < -0.39 is 10.5 Å². The van der Waals surface area contributed by atoms with Crippen molar-refractivity contribution in [2.75, 3.05) is 0 Å². The largest absolute Gasteiger partial charge is 0.386 e. The van der Waals surface area contributed by atoms with Gasteiger partial charge in [0.05, 0.1) is 32.6 Å². The summed E-state index contributed by atoms with van der Waals surface area (Å²) in [4.78, 5) is 3.89. The molecule has 0 bridgehead atoms. The van der Waals surface area contributed by atoms with Crippen LogP contribution in [0.25, 0.3) is 0 Å². The predicted molar refractivity (Wildman–Crippen MR) is 128 cm³/mol. The molecular weight excluding hydrogens is 524 g/mol. The van der Waals surface area contributed by atoms with Crippen molar-refractivity contribution in [3.63, 3.8) is 0 Å². The summed E-state index contributed by atoms with van der Waals surface area (Å²) in [5, 5.41) is 35.9. The Morgan fingerprint density at radius 3 is 2.45 bits per heavy atom. The highest BCUT2D eigenvalue weighted by molar-refractivity contribution is 7.99. The van der Waals surface area contributed by atoms with Crippen molar-refractivity contribution < 1.29 is 5.11 Å². The normalized spacial score (nSPS) is 16.0. The summed E-state index contributed by atoms with van der Waals surface area (Å²) in [7, 11) is 0. The second kappa shape index (κ2) is 9.35. The van der Waals surface area contributed by atoms with Gasteiger partial charge in [-0.25, -0.2) is 9.67 Å². The van der Waals surface area contributed by atoms with E-state index >= 15 is 0 Å². The topological polar surface area (TPSA) is 98.5 Å². The molecule has 0 spiro atoms. The molecular formula is C22H15Cl4N5OS. The molecule has 0 amide bonds. The zero-order chi connectivity index (χ0) is 23.8. The van der Waals surface area contributed by atoms with Crippen LogP contribution >= 0.6 is 58.2 Å². The molecule has 2 aromatic carbocycles. The molecule has 1 fully saturated rings. The minimum atomic E-state index is -1.35. The summed E-state index contributed by atoms with van der Waals surface area (Å²) in [5.74, 6) is 0. The van der Waals surface area contributed by atoms with Gasteiger partial charge in [-0.1, -0.05) is 53.0 Å². The summed E-state index contributed by atoms with van der Waals surface area (Å²) in [6, 6.07) is 12.7. The van der Waals surface area contributed by atoms with Gasteiger partial charge in [0.15, 0.2) is 5.16 Å². The number of nitrogens with zero attached hydrogens (tertiary/aromatic N) is 5. The molecule has 11 heteroatoms. The van der Waals surface area contributed by atoms with E-state index in [9.17, 15) is 15.6 Å². The smallest absolute Gasteiger partial charge is 0.191 e. The van der Waals surface area contributed by atoms with Crippen LogP contribution in [0.3, 0.4) is 0 Å². The summed E-state index contributed by atoms with van der Waals surface area (Å²) >= 11 is 26.6. The van der Waals surface area contributed by atoms with E-state index in [2.05, 4.69) is 10.1 Å². The summed E-state index contributed by atoms with van der Waals surface area (Å²) in [6.07, 6.45) is 2.90. The highest BCUT2D eigenvalue weighted by Crippen LogP contribution is 2.53.